The second kappa shape index (κ2) is 33.6. The highest BCUT2D eigenvalue weighted by Gasteiger charge is 2.00. The molecule has 1 atom stereocenters. The van der Waals surface area contributed by atoms with Crippen LogP contribution in [-0.4, -0.2) is 45.7 Å². The van der Waals surface area contributed by atoms with Gasteiger partial charge in [0.05, 0.1) is 6.10 Å². The molecule has 0 aromatic heterocycles. The zero-order chi connectivity index (χ0) is 21.2. The summed E-state index contributed by atoms with van der Waals surface area (Å²) in [5.74, 6) is -0.689. The quantitative estimate of drug-likeness (QED) is 0.186. The lowest BCUT2D eigenvalue weighted by Gasteiger charge is -2.07. The molecule has 7 N–H and O–H groups in total. The van der Waals surface area contributed by atoms with E-state index in [2.05, 4.69) is 19.1 Å². The van der Waals surface area contributed by atoms with E-state index in [1.807, 2.05) is 0 Å². The number of carbonyl (C=O) groups is 1. The number of rotatable bonds is 15. The van der Waals surface area contributed by atoms with Crippen LogP contribution < -0.4 is 6.15 Å². The Morgan fingerprint density at radius 2 is 1.32 bits per heavy atom. The molecule has 0 aromatic rings. The average molecular weight is 408 g/mol. The molecule has 0 spiro atoms. The molecule has 28 heavy (non-hydrogen) atoms. The Morgan fingerprint density at radius 1 is 0.821 bits per heavy atom. The van der Waals surface area contributed by atoms with Crippen molar-refractivity contribution in [3.63, 3.8) is 0 Å². The van der Waals surface area contributed by atoms with Crippen molar-refractivity contribution in [1.82, 2.24) is 6.15 Å². The molecular weight excluding hydrogens is 358 g/mol. The third-order valence-electron chi connectivity index (χ3n) is 3.73. The molecule has 0 amide bonds. The molecule has 0 saturated carbocycles. The number of unbranched alkanes of at least 4 members (excludes halogenated alkanes) is 8. The maximum atomic E-state index is 10.3. The molecule has 0 aliphatic rings. The van der Waals surface area contributed by atoms with E-state index in [0.29, 0.717) is 6.42 Å². The topological polar surface area (TPSA) is 133 Å². The van der Waals surface area contributed by atoms with Crippen molar-refractivity contribution in [3.8, 4) is 0 Å². The highest BCUT2D eigenvalue weighted by Crippen LogP contribution is 2.10. The van der Waals surface area contributed by atoms with Crippen molar-refractivity contribution < 1.29 is 25.2 Å². The molecule has 0 aromatic carbocycles. The van der Waals surface area contributed by atoms with Gasteiger partial charge in [0.15, 0.2) is 0 Å². The molecule has 0 radical (unpaired) electrons. The Bertz CT molecular complexity index is 297. The first-order valence-electron chi connectivity index (χ1n) is 10.8. The normalized spacial score (nSPS) is 10.9. The Labute approximate surface area is 173 Å². The fraction of sp³-hybridized carbons (Fsp3) is 0.864. The van der Waals surface area contributed by atoms with Gasteiger partial charge in [-0.1, -0.05) is 64.0 Å². The summed E-state index contributed by atoms with van der Waals surface area (Å²) < 4.78 is 0. The van der Waals surface area contributed by atoms with Crippen LogP contribution in [0.25, 0.3) is 0 Å². The molecule has 0 saturated heterocycles. The van der Waals surface area contributed by atoms with Crippen molar-refractivity contribution in [2.75, 3.05) is 13.2 Å². The number of hydrogen-bond donors (Lipinski definition) is 5. The first kappa shape index (κ1) is 34.5. The van der Waals surface area contributed by atoms with Gasteiger partial charge in [0.2, 0.25) is 0 Å². The summed E-state index contributed by atoms with van der Waals surface area (Å²) in [7, 11) is 0. The summed E-state index contributed by atoms with van der Waals surface area (Å²) in [4.78, 5) is 10.3. The van der Waals surface area contributed by atoms with Crippen LogP contribution >= 0.6 is 0 Å². The fourth-order valence-electron chi connectivity index (χ4n) is 2.36. The highest BCUT2D eigenvalue weighted by atomic mass is 16.4. The number of aliphatic carboxylic acids is 1. The molecule has 0 aliphatic carbocycles. The van der Waals surface area contributed by atoms with E-state index in [-0.39, 0.29) is 25.5 Å². The van der Waals surface area contributed by atoms with Crippen molar-refractivity contribution in [2.45, 2.75) is 110 Å². The van der Waals surface area contributed by atoms with Gasteiger partial charge in [-0.25, -0.2) is 0 Å². The van der Waals surface area contributed by atoms with Crippen LogP contribution in [0.15, 0.2) is 12.2 Å². The van der Waals surface area contributed by atoms with Crippen LogP contribution in [0.2, 0.25) is 0 Å². The van der Waals surface area contributed by atoms with E-state index in [1.54, 1.807) is 13.8 Å². The summed E-state index contributed by atoms with van der Waals surface area (Å²) in [6.07, 6.45) is 17.4. The largest absolute Gasteiger partial charge is 0.481 e. The van der Waals surface area contributed by atoms with Crippen LogP contribution in [0.3, 0.4) is 0 Å². The summed E-state index contributed by atoms with van der Waals surface area (Å²) in [5.41, 5.74) is 0. The van der Waals surface area contributed by atoms with Crippen molar-refractivity contribution >= 4 is 5.97 Å². The molecular formula is C22H49NO5. The zero-order valence-electron chi connectivity index (χ0n) is 18.7. The van der Waals surface area contributed by atoms with Crippen molar-refractivity contribution in [2.24, 2.45) is 0 Å². The van der Waals surface area contributed by atoms with E-state index < -0.39 is 5.97 Å². The second-order valence-corrected chi connectivity index (χ2v) is 6.54. The molecule has 0 heterocycles. The summed E-state index contributed by atoms with van der Waals surface area (Å²) >= 11 is 0. The van der Waals surface area contributed by atoms with E-state index in [9.17, 15) is 9.90 Å². The third kappa shape index (κ3) is 44.5. The van der Waals surface area contributed by atoms with Gasteiger partial charge in [0.25, 0.3) is 0 Å². The van der Waals surface area contributed by atoms with E-state index >= 15 is 0 Å². The Morgan fingerprint density at radius 3 is 1.86 bits per heavy atom. The third-order valence-corrected chi connectivity index (χ3v) is 3.73. The molecule has 6 nitrogen and oxygen atoms in total. The average Bonchev–Trinajstić information content (AvgIpc) is 2.61. The number of hydrogen-bond acceptors (Lipinski definition) is 5. The minimum Gasteiger partial charge on any atom is -0.481 e. The summed E-state index contributed by atoms with van der Waals surface area (Å²) in [6.45, 7) is 6.06. The fourth-order valence-corrected chi connectivity index (χ4v) is 2.36. The predicted octanol–water partition coefficient (Wildman–Crippen LogP) is 5.24. The minimum atomic E-state index is -0.689. The first-order chi connectivity index (χ1) is 13.0. The van der Waals surface area contributed by atoms with Crippen LogP contribution in [0.4, 0.5) is 0 Å². The molecule has 0 bridgehead atoms. The molecule has 0 aliphatic heterocycles. The van der Waals surface area contributed by atoms with Gasteiger partial charge < -0.3 is 26.6 Å². The van der Waals surface area contributed by atoms with E-state index in [1.165, 1.54) is 25.7 Å². The van der Waals surface area contributed by atoms with Gasteiger partial charge >= 0.3 is 5.97 Å². The van der Waals surface area contributed by atoms with Crippen LogP contribution in [-0.2, 0) is 4.79 Å². The van der Waals surface area contributed by atoms with Gasteiger partial charge in [0.1, 0.15) is 0 Å². The van der Waals surface area contributed by atoms with Crippen LogP contribution in [0.5, 0.6) is 0 Å². The molecule has 6 heteroatoms. The number of aliphatic hydroxyl groups is 3. The highest BCUT2D eigenvalue weighted by molar-refractivity contribution is 5.66. The second-order valence-electron chi connectivity index (χ2n) is 6.54. The van der Waals surface area contributed by atoms with Gasteiger partial charge in [-0.2, -0.15) is 0 Å². The van der Waals surface area contributed by atoms with Gasteiger partial charge in [0, 0.05) is 19.6 Å². The van der Waals surface area contributed by atoms with Crippen LogP contribution in [0, 0.1) is 0 Å². The lowest BCUT2D eigenvalue weighted by atomic mass is 10.1. The molecule has 0 rings (SSSR count). The first-order valence-corrected chi connectivity index (χ1v) is 10.8. The van der Waals surface area contributed by atoms with E-state index in [0.717, 1.165) is 51.4 Å². The lowest BCUT2D eigenvalue weighted by molar-refractivity contribution is -0.137. The van der Waals surface area contributed by atoms with Crippen molar-refractivity contribution in [3.05, 3.63) is 12.2 Å². The summed E-state index contributed by atoms with van der Waals surface area (Å²) in [5, 5.41) is 33.4. The number of carboxylic acids is 1. The maximum absolute atomic E-state index is 10.3. The number of allylic oxidation sites excluding steroid dienone is 1. The number of carboxylic acid groups (broad SMARTS) is 1. The Balaban J connectivity index is -0.000000362. The predicted molar refractivity (Wildman–Crippen MR) is 119 cm³/mol. The van der Waals surface area contributed by atoms with Gasteiger partial charge in [-0.05, 0) is 46.0 Å². The van der Waals surface area contributed by atoms with Crippen LogP contribution in [0.1, 0.15) is 104 Å². The lowest BCUT2D eigenvalue weighted by Crippen LogP contribution is -2.04. The number of aliphatic hydroxyl groups excluding tert-OH is 3. The standard InChI is InChI=1S/C18H34O3.2C2H6O.H3N/c1-2-3-4-11-14-17(19)15-12-9-7-5-6-8-10-13-16-18(20)21;2*1-2-3;/h9,12,17,19H,2-8,10-11,13-16H2,1H3,(H,20,21);2*3H,2H2,1H3;1H3/b12-9-;;;. The SMILES string of the molecule is CCCCCCC(O)C/C=C\CCCCCCCC(=O)O.CCO.CCO.N. The molecule has 172 valence electrons. The summed E-state index contributed by atoms with van der Waals surface area (Å²) in [6, 6.07) is 0. The Kier molecular flexibility index (Phi) is 41.5. The van der Waals surface area contributed by atoms with E-state index in [4.69, 9.17) is 15.3 Å². The molecule has 1 unspecified atom stereocenters. The van der Waals surface area contributed by atoms with Gasteiger partial charge in [-0.3, -0.25) is 4.79 Å². The molecule has 0 fully saturated rings. The smallest absolute Gasteiger partial charge is 0.303 e. The minimum absolute atomic E-state index is 0. The maximum Gasteiger partial charge on any atom is 0.303 e. The zero-order valence-corrected chi connectivity index (χ0v) is 18.7. The van der Waals surface area contributed by atoms with Gasteiger partial charge in [-0.15, -0.1) is 0 Å². The Hall–Kier alpha value is -0.950. The monoisotopic (exact) mass is 407 g/mol. The van der Waals surface area contributed by atoms with Crippen molar-refractivity contribution in [1.29, 1.82) is 0 Å².